The van der Waals surface area contributed by atoms with Gasteiger partial charge in [-0.15, -0.1) is 5.10 Å². The van der Waals surface area contributed by atoms with Gasteiger partial charge in [-0.2, -0.15) is 16.6 Å². The van der Waals surface area contributed by atoms with E-state index in [1.54, 1.807) is 4.80 Å². The largest absolute Gasteiger partial charge is 0.481 e. The highest BCUT2D eigenvalue weighted by molar-refractivity contribution is 7.99. The normalized spacial score (nSPS) is 45.8. The maximum absolute atomic E-state index is 13.4. The molecule has 0 spiro atoms. The van der Waals surface area contributed by atoms with Gasteiger partial charge in [0.2, 0.25) is 0 Å². The Morgan fingerprint density at radius 1 is 1.10 bits per heavy atom. The highest BCUT2D eigenvalue weighted by Gasteiger charge is 2.72. The van der Waals surface area contributed by atoms with Crippen molar-refractivity contribution in [1.82, 2.24) is 20.2 Å². The topological polar surface area (TPSA) is 151 Å². The lowest BCUT2D eigenvalue weighted by Crippen LogP contribution is -2.69. The number of allylic oxidation sites excluding steroid dienone is 1. The van der Waals surface area contributed by atoms with Crippen LogP contribution >= 0.6 is 11.8 Å². The lowest BCUT2D eigenvalue weighted by molar-refractivity contribution is -0.253. The van der Waals surface area contributed by atoms with E-state index in [-0.39, 0.29) is 56.6 Å². The zero-order chi connectivity index (χ0) is 34.5. The van der Waals surface area contributed by atoms with Crippen molar-refractivity contribution in [2.45, 2.75) is 118 Å². The predicted octanol–water partition coefficient (Wildman–Crippen LogP) is 5.99. The zero-order valence-electron chi connectivity index (χ0n) is 30.3. The molecule has 11 atom stereocenters. The number of anilines is 1. The van der Waals surface area contributed by atoms with Crippen molar-refractivity contribution in [1.29, 1.82) is 0 Å². The quantitative estimate of drug-likeness (QED) is 0.292. The van der Waals surface area contributed by atoms with Gasteiger partial charge in [-0.25, -0.2) is 0 Å². The lowest BCUT2D eigenvalue weighted by Gasteiger charge is -2.71. The van der Waals surface area contributed by atoms with Crippen LogP contribution in [-0.2, 0) is 14.3 Å². The second kappa shape index (κ2) is 11.7. The van der Waals surface area contributed by atoms with Crippen molar-refractivity contribution in [3.8, 4) is 0 Å². The van der Waals surface area contributed by atoms with Gasteiger partial charge in [-0.3, -0.25) is 4.79 Å². The van der Waals surface area contributed by atoms with Gasteiger partial charge in [0.25, 0.3) is 5.95 Å². The van der Waals surface area contributed by atoms with Crippen molar-refractivity contribution < 1.29 is 19.4 Å². The minimum atomic E-state index is -0.627. The number of nitrogens with zero attached hydrogens (tertiary/aromatic N) is 4. The average Bonchev–Trinajstić information content (AvgIpc) is 3.46. The number of carbonyl (C=O) groups is 1. The molecule has 0 amide bonds. The van der Waals surface area contributed by atoms with Gasteiger partial charge in [0.05, 0.1) is 31.8 Å². The Morgan fingerprint density at radius 3 is 2.48 bits per heavy atom. The third-order valence-electron chi connectivity index (χ3n) is 15.9. The van der Waals surface area contributed by atoms with E-state index < -0.39 is 11.9 Å². The number of aliphatic carboxylic acids is 1. The van der Waals surface area contributed by atoms with Crippen LogP contribution in [0.2, 0.25) is 0 Å². The number of fused-ring (bicyclic) bond motifs is 3. The fourth-order valence-electron chi connectivity index (χ4n) is 12.7. The third-order valence-corrected chi connectivity index (χ3v) is 16.9. The molecule has 3 saturated carbocycles. The number of ether oxygens (including phenoxy) is 2. The van der Waals surface area contributed by atoms with E-state index in [4.69, 9.17) is 20.9 Å². The summed E-state index contributed by atoms with van der Waals surface area (Å²) in [5.41, 5.74) is 12.9. The number of aromatic nitrogens is 4. The summed E-state index contributed by atoms with van der Waals surface area (Å²) in [4.78, 5) is 15.2. The monoisotopic (exact) mass is 684 g/mol. The third kappa shape index (κ3) is 4.82. The fourth-order valence-corrected chi connectivity index (χ4v) is 14.0. The Kier molecular flexibility index (Phi) is 8.45. The van der Waals surface area contributed by atoms with E-state index >= 15 is 0 Å². The Morgan fingerprint density at radius 2 is 1.83 bits per heavy atom. The smallest absolute Gasteiger partial charge is 0.307 e. The summed E-state index contributed by atoms with van der Waals surface area (Å²) < 4.78 is 13.7. The van der Waals surface area contributed by atoms with Gasteiger partial charge in [-0.05, 0) is 108 Å². The highest BCUT2D eigenvalue weighted by atomic mass is 32.2. The molecule has 0 radical (unpaired) electrons. The van der Waals surface area contributed by atoms with Crippen molar-refractivity contribution in [2.75, 3.05) is 37.1 Å². The summed E-state index contributed by atoms with van der Waals surface area (Å²) in [6, 6.07) is -0.171. The molecule has 10 nitrogen and oxygen atoms in total. The van der Waals surface area contributed by atoms with E-state index in [1.807, 2.05) is 11.8 Å². The average molecular weight is 685 g/mol. The van der Waals surface area contributed by atoms with Crippen LogP contribution in [0.1, 0.15) is 106 Å². The molecule has 5 N–H and O–H groups in total. The predicted molar refractivity (Wildman–Crippen MR) is 188 cm³/mol. The van der Waals surface area contributed by atoms with E-state index in [0.29, 0.717) is 37.6 Å². The minimum Gasteiger partial charge on any atom is -0.481 e. The van der Waals surface area contributed by atoms with Crippen LogP contribution in [0.25, 0.3) is 0 Å². The SMILES string of the molecule is CC(C)[C@@H](C)[C@@]1(C)CC[C@]2(C)[C@H]3CC[C@@H]4[C@@]5(COC[C@]4(C)[C@@H](OCC4(N)CCSCC4)[C@H](n4nnc(N)n4)C5)C3=CC[C@@]2(C)[C@@H]1C(=O)O. The number of rotatable bonds is 7. The molecule has 1 aromatic heterocycles. The first-order valence-corrected chi connectivity index (χ1v) is 19.7. The summed E-state index contributed by atoms with van der Waals surface area (Å²) in [6.07, 6.45) is 9.83. The van der Waals surface area contributed by atoms with E-state index in [9.17, 15) is 9.90 Å². The first kappa shape index (κ1) is 34.7. The first-order chi connectivity index (χ1) is 22.5. The van der Waals surface area contributed by atoms with E-state index in [0.717, 1.165) is 62.9 Å². The maximum Gasteiger partial charge on any atom is 0.307 e. The van der Waals surface area contributed by atoms with E-state index in [1.165, 1.54) is 5.57 Å². The van der Waals surface area contributed by atoms with Crippen molar-refractivity contribution in [2.24, 2.45) is 62.4 Å². The van der Waals surface area contributed by atoms with Crippen LogP contribution < -0.4 is 11.5 Å². The van der Waals surface area contributed by atoms with Crippen molar-refractivity contribution >= 4 is 23.7 Å². The Labute approximate surface area is 291 Å². The molecule has 5 fully saturated rings. The molecule has 7 rings (SSSR count). The molecule has 11 heteroatoms. The zero-order valence-corrected chi connectivity index (χ0v) is 31.2. The molecule has 4 aliphatic carbocycles. The summed E-state index contributed by atoms with van der Waals surface area (Å²) >= 11 is 1.97. The standard InChI is InChI=1S/C37H60N6O4S/c1-22(2)23(3)32(4)12-13-34(6)24-8-9-27-33(5)19-46-21-37(27,25(24)10-11-35(34,7)28(32)30(44)45)18-26(43-41-31(38)40-42-43)29(33)47-20-36(39)14-16-48-17-15-36/h10,22-24,26-29H,8-9,11-21,39H2,1-7H3,(H2,38,41)(H,44,45)/t23-,24+,26-,27+,28-,29+,32-,33+,34-,35+,37+/m1/s1. The molecule has 3 heterocycles. The van der Waals surface area contributed by atoms with Crippen LogP contribution in [0.3, 0.4) is 0 Å². The molecule has 268 valence electrons. The van der Waals surface area contributed by atoms with Crippen LogP contribution in [0.4, 0.5) is 5.95 Å². The first-order valence-electron chi connectivity index (χ1n) is 18.6. The minimum absolute atomic E-state index is 0.145. The number of hydrogen-bond donors (Lipinski definition) is 3. The van der Waals surface area contributed by atoms with Gasteiger partial charge < -0.3 is 26.0 Å². The number of hydrogen-bond acceptors (Lipinski definition) is 9. The molecule has 2 saturated heterocycles. The number of nitrogens with two attached hydrogens (primary N) is 2. The molecule has 1 aromatic rings. The van der Waals surface area contributed by atoms with Gasteiger partial charge in [0.15, 0.2) is 0 Å². The number of tetrazole rings is 1. The summed E-state index contributed by atoms with van der Waals surface area (Å²) in [5, 5.41) is 24.2. The number of carboxylic acid groups (broad SMARTS) is 1. The summed E-state index contributed by atoms with van der Waals surface area (Å²) in [6.45, 7) is 17.9. The Bertz CT molecular complexity index is 1450. The van der Waals surface area contributed by atoms with Crippen molar-refractivity contribution in [3.05, 3.63) is 11.6 Å². The number of nitrogen functional groups attached to an aromatic ring is 1. The van der Waals surface area contributed by atoms with Gasteiger partial charge in [-0.1, -0.05) is 65.2 Å². The molecule has 2 bridgehead atoms. The van der Waals surface area contributed by atoms with Crippen LogP contribution in [0.15, 0.2) is 11.6 Å². The Balaban J connectivity index is 1.29. The lowest BCUT2D eigenvalue weighted by atomic mass is 9.34. The maximum atomic E-state index is 13.4. The van der Waals surface area contributed by atoms with Crippen LogP contribution in [0.5, 0.6) is 0 Å². The van der Waals surface area contributed by atoms with Gasteiger partial charge in [0.1, 0.15) is 6.04 Å². The molecular formula is C37H60N6O4S. The van der Waals surface area contributed by atoms with E-state index in [2.05, 4.69) is 70.0 Å². The van der Waals surface area contributed by atoms with Crippen LogP contribution in [-0.4, -0.2) is 74.3 Å². The number of carboxylic acids is 1. The molecular weight excluding hydrogens is 625 g/mol. The fraction of sp³-hybridized carbons (Fsp3) is 0.892. The second-order valence-electron chi connectivity index (χ2n) is 18.3. The van der Waals surface area contributed by atoms with Crippen molar-refractivity contribution in [3.63, 3.8) is 0 Å². The molecule has 0 unspecified atom stereocenters. The molecule has 0 aromatic carbocycles. The van der Waals surface area contributed by atoms with Gasteiger partial charge >= 0.3 is 5.97 Å². The molecule has 2 aliphatic heterocycles. The van der Waals surface area contributed by atoms with Crippen LogP contribution in [0, 0.1) is 56.7 Å². The molecule has 6 aliphatic rings. The molecule has 48 heavy (non-hydrogen) atoms. The second-order valence-corrected chi connectivity index (χ2v) is 19.5. The highest BCUT2D eigenvalue weighted by Crippen LogP contribution is 2.75. The number of thioether (sulfide) groups is 1. The Hall–Kier alpha value is -1.69. The summed E-state index contributed by atoms with van der Waals surface area (Å²) in [5.74, 6) is 2.63. The summed E-state index contributed by atoms with van der Waals surface area (Å²) in [7, 11) is 0. The van der Waals surface area contributed by atoms with Gasteiger partial charge in [0, 0.05) is 16.4 Å².